The SMILES string of the molecule is CCCCCCOc1ccc(C2NC(=S)NC3=C2C(=O)CCC3)cc1OC. The summed E-state index contributed by atoms with van der Waals surface area (Å²) in [4.78, 5) is 12.5. The number of unbranched alkanes of at least 4 members (excludes halogenated alkanes) is 3. The van der Waals surface area contributed by atoms with Crippen LogP contribution < -0.4 is 20.1 Å². The molecule has 0 saturated carbocycles. The number of hydrogen-bond donors (Lipinski definition) is 2. The molecule has 0 bridgehead atoms. The third-order valence-electron chi connectivity index (χ3n) is 5.06. The van der Waals surface area contributed by atoms with Gasteiger partial charge in [-0.05, 0) is 49.2 Å². The van der Waals surface area contributed by atoms with Crippen molar-refractivity contribution in [1.82, 2.24) is 10.6 Å². The van der Waals surface area contributed by atoms with Crippen molar-refractivity contribution < 1.29 is 14.3 Å². The van der Waals surface area contributed by atoms with Gasteiger partial charge >= 0.3 is 0 Å². The average molecular weight is 389 g/mol. The summed E-state index contributed by atoms with van der Waals surface area (Å²) in [5.74, 6) is 1.59. The number of nitrogens with one attached hydrogen (secondary N) is 2. The summed E-state index contributed by atoms with van der Waals surface area (Å²) in [5, 5.41) is 6.96. The molecule has 1 unspecified atom stereocenters. The Morgan fingerprint density at radius 2 is 2.04 bits per heavy atom. The predicted molar refractivity (Wildman–Crippen MR) is 110 cm³/mol. The number of Topliss-reactive ketones (excluding diaryl/α,β-unsaturated/α-hetero) is 1. The minimum absolute atomic E-state index is 0.180. The highest BCUT2D eigenvalue weighted by atomic mass is 32.1. The summed E-state index contributed by atoms with van der Waals surface area (Å²) in [7, 11) is 1.64. The van der Waals surface area contributed by atoms with Crippen molar-refractivity contribution in [2.45, 2.75) is 57.9 Å². The first-order chi connectivity index (χ1) is 13.1. The van der Waals surface area contributed by atoms with Gasteiger partial charge in [0.25, 0.3) is 0 Å². The lowest BCUT2D eigenvalue weighted by Crippen LogP contribution is -2.46. The van der Waals surface area contributed by atoms with Gasteiger partial charge in [-0.3, -0.25) is 4.79 Å². The standard InChI is InChI=1S/C21H28N2O3S/c1-3-4-5-6-12-26-17-11-10-14(13-18(17)25-2)20-19-15(22-21(27)23-20)8-7-9-16(19)24/h10-11,13,20H,3-9,12H2,1-2H3,(H2,22,23,27). The van der Waals surface area contributed by atoms with Gasteiger partial charge in [0.2, 0.25) is 0 Å². The molecule has 1 aromatic rings. The summed E-state index contributed by atoms with van der Waals surface area (Å²) in [5.41, 5.74) is 2.71. The molecule has 0 spiro atoms. The van der Waals surface area contributed by atoms with Gasteiger partial charge in [0.15, 0.2) is 22.4 Å². The minimum Gasteiger partial charge on any atom is -0.493 e. The molecule has 2 N–H and O–H groups in total. The maximum Gasteiger partial charge on any atom is 0.171 e. The van der Waals surface area contributed by atoms with Crippen LogP contribution in [0.3, 0.4) is 0 Å². The van der Waals surface area contributed by atoms with Gasteiger partial charge in [0, 0.05) is 17.7 Å². The van der Waals surface area contributed by atoms with Gasteiger partial charge in [-0.2, -0.15) is 0 Å². The Morgan fingerprint density at radius 3 is 2.81 bits per heavy atom. The minimum atomic E-state index is -0.242. The van der Waals surface area contributed by atoms with Crippen LogP contribution >= 0.6 is 12.2 Å². The molecule has 6 heteroatoms. The molecule has 0 radical (unpaired) electrons. The summed E-state index contributed by atoms with van der Waals surface area (Å²) in [6.07, 6.45) is 6.96. The molecule has 0 aromatic heterocycles. The van der Waals surface area contributed by atoms with Crippen molar-refractivity contribution in [1.29, 1.82) is 0 Å². The number of allylic oxidation sites excluding steroid dienone is 1. The second kappa shape index (κ2) is 9.22. The van der Waals surface area contributed by atoms with Crippen LogP contribution in [0.1, 0.15) is 63.5 Å². The molecule has 0 fully saturated rings. The molecule has 27 heavy (non-hydrogen) atoms. The van der Waals surface area contributed by atoms with E-state index in [2.05, 4.69) is 17.6 Å². The Morgan fingerprint density at radius 1 is 1.19 bits per heavy atom. The lowest BCUT2D eigenvalue weighted by Gasteiger charge is -2.34. The molecule has 2 aliphatic rings. The largest absolute Gasteiger partial charge is 0.493 e. The van der Waals surface area contributed by atoms with Crippen LogP contribution in [0.4, 0.5) is 0 Å². The van der Waals surface area contributed by atoms with Crippen LogP contribution in [0.5, 0.6) is 11.5 Å². The highest BCUT2D eigenvalue weighted by Gasteiger charge is 2.33. The van der Waals surface area contributed by atoms with E-state index in [0.717, 1.165) is 41.8 Å². The Bertz CT molecular complexity index is 745. The van der Waals surface area contributed by atoms with Gasteiger partial charge in [0.05, 0.1) is 19.8 Å². The highest BCUT2D eigenvalue weighted by molar-refractivity contribution is 7.80. The smallest absolute Gasteiger partial charge is 0.171 e. The average Bonchev–Trinajstić information content (AvgIpc) is 2.67. The lowest BCUT2D eigenvalue weighted by atomic mass is 9.85. The van der Waals surface area contributed by atoms with Gasteiger partial charge in [-0.1, -0.05) is 32.3 Å². The van der Waals surface area contributed by atoms with Crippen molar-refractivity contribution in [2.75, 3.05) is 13.7 Å². The summed E-state index contributed by atoms with van der Waals surface area (Å²) in [6.45, 7) is 2.88. The number of ether oxygens (including phenoxy) is 2. The topological polar surface area (TPSA) is 59.6 Å². The zero-order valence-corrected chi connectivity index (χ0v) is 16.9. The van der Waals surface area contributed by atoms with Crippen LogP contribution in [0.15, 0.2) is 29.5 Å². The van der Waals surface area contributed by atoms with Gasteiger partial charge in [-0.15, -0.1) is 0 Å². The van der Waals surface area contributed by atoms with Crippen molar-refractivity contribution in [2.24, 2.45) is 0 Å². The maximum absolute atomic E-state index is 12.5. The van der Waals surface area contributed by atoms with Crippen LogP contribution in [0.2, 0.25) is 0 Å². The molecule has 1 heterocycles. The molecular formula is C21H28N2O3S. The van der Waals surface area contributed by atoms with Crippen LogP contribution in [-0.4, -0.2) is 24.6 Å². The number of hydrogen-bond acceptors (Lipinski definition) is 4. The number of thiocarbonyl (C=S) groups is 1. The second-order valence-corrected chi connectivity index (χ2v) is 7.43. The first-order valence-corrected chi connectivity index (χ1v) is 10.2. The lowest BCUT2D eigenvalue weighted by molar-refractivity contribution is -0.116. The van der Waals surface area contributed by atoms with Crippen molar-refractivity contribution in [3.63, 3.8) is 0 Å². The van der Waals surface area contributed by atoms with E-state index in [-0.39, 0.29) is 11.8 Å². The van der Waals surface area contributed by atoms with Crippen molar-refractivity contribution in [3.05, 3.63) is 35.0 Å². The van der Waals surface area contributed by atoms with Gasteiger partial charge in [-0.25, -0.2) is 0 Å². The van der Waals surface area contributed by atoms with Gasteiger partial charge < -0.3 is 20.1 Å². The first kappa shape index (κ1) is 19.7. The summed E-state index contributed by atoms with van der Waals surface area (Å²) >= 11 is 5.35. The fraction of sp³-hybridized carbons (Fsp3) is 0.524. The normalized spacial score (nSPS) is 19.3. The number of rotatable bonds is 8. The number of carbonyl (C=O) groups excluding carboxylic acids is 1. The molecule has 1 aromatic carbocycles. The second-order valence-electron chi connectivity index (χ2n) is 7.02. The van der Waals surface area contributed by atoms with E-state index < -0.39 is 0 Å². The van der Waals surface area contributed by atoms with Gasteiger partial charge in [0.1, 0.15) is 0 Å². The highest BCUT2D eigenvalue weighted by Crippen LogP contribution is 2.37. The fourth-order valence-corrected chi connectivity index (χ4v) is 3.89. The Hall–Kier alpha value is -2.08. The predicted octanol–water partition coefficient (Wildman–Crippen LogP) is 4.18. The van der Waals surface area contributed by atoms with E-state index in [1.807, 2.05) is 18.2 Å². The molecule has 1 aliphatic heterocycles. The zero-order valence-electron chi connectivity index (χ0n) is 16.1. The van der Waals surface area contributed by atoms with Crippen LogP contribution in [0.25, 0.3) is 0 Å². The number of carbonyl (C=O) groups is 1. The quantitative estimate of drug-likeness (QED) is 0.515. The van der Waals surface area contributed by atoms with E-state index >= 15 is 0 Å². The van der Waals surface area contributed by atoms with E-state index in [4.69, 9.17) is 21.7 Å². The fourth-order valence-electron chi connectivity index (χ4n) is 3.65. The Labute approximate surface area is 166 Å². The molecule has 3 rings (SSSR count). The zero-order chi connectivity index (χ0) is 19.2. The van der Waals surface area contributed by atoms with E-state index in [1.165, 1.54) is 19.3 Å². The van der Waals surface area contributed by atoms with E-state index in [9.17, 15) is 4.79 Å². The molecular weight excluding hydrogens is 360 g/mol. The Kier molecular flexibility index (Phi) is 6.72. The third-order valence-corrected chi connectivity index (χ3v) is 5.28. The third kappa shape index (κ3) is 4.61. The monoisotopic (exact) mass is 388 g/mol. The summed E-state index contributed by atoms with van der Waals surface area (Å²) in [6, 6.07) is 5.62. The molecule has 1 atom stereocenters. The maximum atomic E-state index is 12.5. The van der Waals surface area contributed by atoms with Crippen molar-refractivity contribution in [3.8, 4) is 11.5 Å². The number of benzene rings is 1. The summed E-state index contributed by atoms with van der Waals surface area (Å²) < 4.78 is 11.4. The molecule has 1 aliphatic carbocycles. The molecule has 146 valence electrons. The number of ketones is 1. The molecule has 5 nitrogen and oxygen atoms in total. The first-order valence-electron chi connectivity index (χ1n) is 9.78. The Balaban J connectivity index is 1.80. The molecule has 0 saturated heterocycles. The number of methoxy groups -OCH3 is 1. The van der Waals surface area contributed by atoms with E-state index in [0.29, 0.717) is 23.9 Å². The van der Waals surface area contributed by atoms with Crippen LogP contribution in [-0.2, 0) is 4.79 Å². The van der Waals surface area contributed by atoms with Crippen molar-refractivity contribution >= 4 is 23.1 Å². The van der Waals surface area contributed by atoms with E-state index in [1.54, 1.807) is 7.11 Å². The van der Waals surface area contributed by atoms with Crippen LogP contribution in [0, 0.1) is 0 Å². The molecule has 0 amide bonds.